The normalized spacial score (nSPS) is 17.5. The fourth-order valence-electron chi connectivity index (χ4n) is 2.73. The van der Waals surface area contributed by atoms with Gasteiger partial charge in [0.05, 0.1) is 16.6 Å². The van der Waals surface area contributed by atoms with Gasteiger partial charge in [-0.05, 0) is 25.0 Å². The summed E-state index contributed by atoms with van der Waals surface area (Å²) in [5.74, 6) is 0.0502. The third kappa shape index (κ3) is 3.77. The van der Waals surface area contributed by atoms with Gasteiger partial charge in [0.2, 0.25) is 0 Å². The molecule has 2 rings (SSSR count). The van der Waals surface area contributed by atoms with Crippen LogP contribution in [0.15, 0.2) is 18.5 Å². The van der Waals surface area contributed by atoms with E-state index in [2.05, 4.69) is 16.8 Å². The van der Waals surface area contributed by atoms with Gasteiger partial charge in [-0.2, -0.15) is 0 Å². The maximum Gasteiger partial charge on any atom is 0.255 e. The Balaban J connectivity index is 1.97. The molecule has 21 heavy (non-hydrogen) atoms. The quantitative estimate of drug-likeness (QED) is 0.847. The minimum absolute atomic E-state index is 0.0502. The molecule has 0 spiro atoms. The molecule has 1 amide bonds. The number of rotatable bonds is 4. The highest BCUT2D eigenvalue weighted by Gasteiger charge is 2.27. The van der Waals surface area contributed by atoms with E-state index in [9.17, 15) is 4.79 Å². The number of pyridine rings is 1. The van der Waals surface area contributed by atoms with Crippen LogP contribution in [-0.2, 0) is 0 Å². The van der Waals surface area contributed by atoms with Gasteiger partial charge in [0.1, 0.15) is 0 Å². The van der Waals surface area contributed by atoms with Crippen molar-refractivity contribution in [1.82, 2.24) is 14.8 Å². The predicted octanol–water partition coefficient (Wildman–Crippen LogP) is 1.21. The Morgan fingerprint density at radius 3 is 2.57 bits per heavy atom. The highest BCUT2D eigenvalue weighted by Crippen LogP contribution is 2.13. The zero-order valence-electron chi connectivity index (χ0n) is 12.6. The predicted molar refractivity (Wildman–Crippen MR) is 87.3 cm³/mol. The third-order valence-electron chi connectivity index (χ3n) is 3.88. The summed E-state index contributed by atoms with van der Waals surface area (Å²) in [6.45, 7) is 7.04. The van der Waals surface area contributed by atoms with Crippen LogP contribution in [-0.4, -0.2) is 57.9 Å². The van der Waals surface area contributed by atoms with Crippen LogP contribution < -0.4 is 5.73 Å². The van der Waals surface area contributed by atoms with Gasteiger partial charge in [-0.15, -0.1) is 0 Å². The second-order valence-corrected chi connectivity index (χ2v) is 5.88. The first-order valence-electron chi connectivity index (χ1n) is 7.27. The van der Waals surface area contributed by atoms with Gasteiger partial charge in [-0.25, -0.2) is 0 Å². The number of aryl methyl sites for hydroxylation is 1. The molecule has 1 unspecified atom stereocenters. The molecule has 1 aliphatic rings. The van der Waals surface area contributed by atoms with E-state index >= 15 is 0 Å². The maximum absolute atomic E-state index is 12.4. The van der Waals surface area contributed by atoms with Gasteiger partial charge < -0.3 is 10.6 Å². The van der Waals surface area contributed by atoms with E-state index < -0.39 is 0 Å². The Morgan fingerprint density at radius 2 is 2.05 bits per heavy atom. The highest BCUT2D eigenvalue weighted by molar-refractivity contribution is 7.80. The number of amides is 1. The first-order valence-corrected chi connectivity index (χ1v) is 7.68. The molecule has 0 aromatic carbocycles. The zero-order chi connectivity index (χ0) is 15.4. The van der Waals surface area contributed by atoms with Crippen molar-refractivity contribution >= 4 is 23.1 Å². The number of hydrogen-bond acceptors (Lipinski definition) is 4. The average molecular weight is 306 g/mol. The maximum atomic E-state index is 12.4. The van der Waals surface area contributed by atoms with Crippen molar-refractivity contribution in [3.63, 3.8) is 0 Å². The summed E-state index contributed by atoms with van der Waals surface area (Å²) in [6, 6.07) is 2.02. The van der Waals surface area contributed by atoms with Crippen LogP contribution in [0.2, 0.25) is 0 Å². The summed E-state index contributed by atoms with van der Waals surface area (Å²) < 4.78 is 0. The minimum Gasteiger partial charge on any atom is -0.392 e. The van der Waals surface area contributed by atoms with E-state index in [4.69, 9.17) is 18.0 Å². The zero-order valence-corrected chi connectivity index (χ0v) is 13.4. The van der Waals surface area contributed by atoms with E-state index in [-0.39, 0.29) is 11.9 Å². The molecule has 2 N–H and O–H groups in total. The fraction of sp³-hybridized carbons (Fsp3) is 0.533. The van der Waals surface area contributed by atoms with E-state index in [1.807, 2.05) is 17.9 Å². The summed E-state index contributed by atoms with van der Waals surface area (Å²) in [4.78, 5) is 21.2. The van der Waals surface area contributed by atoms with Crippen molar-refractivity contribution in [1.29, 1.82) is 0 Å². The van der Waals surface area contributed by atoms with E-state index in [0.717, 1.165) is 25.1 Å². The number of carbonyl (C=O) groups is 1. The Labute approximate surface area is 131 Å². The van der Waals surface area contributed by atoms with Gasteiger partial charge in [-0.3, -0.25) is 14.7 Å². The van der Waals surface area contributed by atoms with Crippen LogP contribution in [0.1, 0.15) is 29.3 Å². The molecule has 5 nitrogen and oxygen atoms in total. The standard InChI is InChI=1S/C15H22N4OS/c1-3-13(14(16)21)18-4-6-19(7-5-18)15(20)12-8-11(2)9-17-10-12/h8-10,13H,3-7H2,1-2H3,(H2,16,21). The van der Waals surface area contributed by atoms with Crippen LogP contribution in [0.3, 0.4) is 0 Å². The molecule has 1 fully saturated rings. The van der Waals surface area contributed by atoms with Crippen molar-refractivity contribution in [2.75, 3.05) is 26.2 Å². The fourth-order valence-corrected chi connectivity index (χ4v) is 3.05. The van der Waals surface area contributed by atoms with Crippen LogP contribution in [0.25, 0.3) is 0 Å². The molecular weight excluding hydrogens is 284 g/mol. The first-order chi connectivity index (χ1) is 10.0. The lowest BCUT2D eigenvalue weighted by molar-refractivity contribution is 0.0611. The summed E-state index contributed by atoms with van der Waals surface area (Å²) >= 11 is 5.12. The molecule has 1 saturated heterocycles. The van der Waals surface area contributed by atoms with Gasteiger partial charge in [0, 0.05) is 38.6 Å². The Morgan fingerprint density at radius 1 is 1.38 bits per heavy atom. The number of nitrogens with two attached hydrogens (primary N) is 1. The number of piperazine rings is 1. The lowest BCUT2D eigenvalue weighted by atomic mass is 10.1. The molecule has 1 aliphatic heterocycles. The van der Waals surface area contributed by atoms with Crippen molar-refractivity contribution in [3.05, 3.63) is 29.6 Å². The smallest absolute Gasteiger partial charge is 0.255 e. The largest absolute Gasteiger partial charge is 0.392 e. The van der Waals surface area contributed by atoms with Gasteiger partial charge in [0.15, 0.2) is 0 Å². The molecular formula is C15H22N4OS. The molecule has 1 aromatic heterocycles. The minimum atomic E-state index is 0.0502. The molecule has 2 heterocycles. The molecule has 6 heteroatoms. The van der Waals surface area contributed by atoms with Crippen molar-refractivity contribution in [3.8, 4) is 0 Å². The molecule has 0 bridgehead atoms. The summed E-state index contributed by atoms with van der Waals surface area (Å²) in [5.41, 5.74) is 7.44. The van der Waals surface area contributed by atoms with Crippen LogP contribution in [0, 0.1) is 6.92 Å². The van der Waals surface area contributed by atoms with Crippen LogP contribution in [0.5, 0.6) is 0 Å². The van der Waals surface area contributed by atoms with E-state index in [1.54, 1.807) is 12.4 Å². The lowest BCUT2D eigenvalue weighted by Crippen LogP contribution is -2.54. The number of aromatic nitrogens is 1. The van der Waals surface area contributed by atoms with E-state index in [1.165, 1.54) is 0 Å². The molecule has 114 valence electrons. The van der Waals surface area contributed by atoms with Gasteiger partial charge in [0.25, 0.3) is 5.91 Å². The molecule has 1 atom stereocenters. The molecule has 1 aromatic rings. The second-order valence-electron chi connectivity index (χ2n) is 5.41. The Hall–Kier alpha value is -1.53. The molecule has 0 aliphatic carbocycles. The van der Waals surface area contributed by atoms with Crippen molar-refractivity contribution in [2.24, 2.45) is 5.73 Å². The van der Waals surface area contributed by atoms with Crippen molar-refractivity contribution < 1.29 is 4.79 Å². The Bertz CT molecular complexity index is 526. The second kappa shape index (κ2) is 6.95. The highest BCUT2D eigenvalue weighted by atomic mass is 32.1. The molecule has 0 radical (unpaired) electrons. The summed E-state index contributed by atoms with van der Waals surface area (Å²) in [6.07, 6.45) is 4.29. The summed E-state index contributed by atoms with van der Waals surface area (Å²) in [5, 5.41) is 0. The van der Waals surface area contributed by atoms with E-state index in [0.29, 0.717) is 23.6 Å². The van der Waals surface area contributed by atoms with Gasteiger partial charge >= 0.3 is 0 Å². The number of carbonyl (C=O) groups excluding carboxylic acids is 1. The monoisotopic (exact) mass is 306 g/mol. The number of hydrogen-bond donors (Lipinski definition) is 1. The number of nitrogens with zero attached hydrogens (tertiary/aromatic N) is 3. The summed E-state index contributed by atoms with van der Waals surface area (Å²) in [7, 11) is 0. The Kier molecular flexibility index (Phi) is 5.25. The van der Waals surface area contributed by atoms with Crippen molar-refractivity contribution in [2.45, 2.75) is 26.3 Å². The first kappa shape index (κ1) is 15.9. The van der Waals surface area contributed by atoms with Crippen LogP contribution in [0.4, 0.5) is 0 Å². The average Bonchev–Trinajstić information content (AvgIpc) is 2.47. The third-order valence-corrected chi connectivity index (χ3v) is 4.15. The van der Waals surface area contributed by atoms with Gasteiger partial charge in [-0.1, -0.05) is 19.1 Å². The SMILES string of the molecule is CCC(C(N)=S)N1CCN(C(=O)c2cncc(C)c2)CC1. The van der Waals surface area contributed by atoms with Crippen LogP contribution >= 0.6 is 12.2 Å². The lowest BCUT2D eigenvalue weighted by Gasteiger charge is -2.38. The topological polar surface area (TPSA) is 62.5 Å². The molecule has 0 saturated carbocycles. The number of thiocarbonyl (C=S) groups is 1.